The molecule has 6 nitrogen and oxygen atoms in total. The SMILES string of the molecule is CCCCCCCCCCCCCCCCCC(=O)OCC(C[N+](C)(C)CCO)OC(=O)CCCCCCCCCCCCCCCCC.[Br-]. The van der Waals surface area contributed by atoms with Crippen molar-refractivity contribution in [3.05, 3.63) is 0 Å². The Bertz CT molecular complexity index is 719. The summed E-state index contributed by atoms with van der Waals surface area (Å²) in [6.07, 6.45) is 39.2. The van der Waals surface area contributed by atoms with Crippen molar-refractivity contribution < 1.29 is 45.6 Å². The van der Waals surface area contributed by atoms with Crippen molar-refractivity contribution in [3.63, 3.8) is 0 Å². The lowest BCUT2D eigenvalue weighted by Gasteiger charge is -2.32. The Morgan fingerprint density at radius 2 is 0.800 bits per heavy atom. The van der Waals surface area contributed by atoms with E-state index in [0.717, 1.165) is 25.7 Å². The van der Waals surface area contributed by atoms with Gasteiger partial charge in [0, 0.05) is 12.8 Å². The van der Waals surface area contributed by atoms with E-state index in [0.29, 0.717) is 30.4 Å². The fourth-order valence-electron chi connectivity index (χ4n) is 6.82. The van der Waals surface area contributed by atoms with Crippen LogP contribution in [0.5, 0.6) is 0 Å². The molecule has 1 atom stereocenters. The lowest BCUT2D eigenvalue weighted by Crippen LogP contribution is -3.00. The Balaban J connectivity index is 0. The van der Waals surface area contributed by atoms with E-state index in [2.05, 4.69) is 13.8 Å². The predicted molar refractivity (Wildman–Crippen MR) is 209 cm³/mol. The van der Waals surface area contributed by atoms with Crippen LogP contribution in [0.2, 0.25) is 0 Å². The number of aliphatic hydroxyl groups excluding tert-OH is 1. The topological polar surface area (TPSA) is 72.8 Å². The van der Waals surface area contributed by atoms with E-state index in [1.54, 1.807) is 0 Å². The van der Waals surface area contributed by atoms with Crippen molar-refractivity contribution in [1.29, 1.82) is 0 Å². The highest BCUT2D eigenvalue weighted by atomic mass is 79.9. The zero-order valence-corrected chi connectivity index (χ0v) is 35.5. The standard InChI is InChI=1S/C43H86NO5.BrH/c1-5-7-9-11-13-15-17-19-21-23-25-27-29-31-33-35-42(46)48-40-41(39-44(3,4)37-38-45)49-43(47)36-34-32-30-28-26-24-22-20-18-16-14-12-10-8-6-2;/h41,45H,5-40H2,1-4H3;1H/q+1;/p-1. The van der Waals surface area contributed by atoms with Gasteiger partial charge >= 0.3 is 11.9 Å². The molecule has 0 radical (unpaired) electrons. The van der Waals surface area contributed by atoms with Gasteiger partial charge in [-0.1, -0.05) is 194 Å². The van der Waals surface area contributed by atoms with Gasteiger partial charge in [0.2, 0.25) is 0 Å². The van der Waals surface area contributed by atoms with Crippen molar-refractivity contribution >= 4 is 11.9 Å². The molecule has 0 spiro atoms. The molecule has 1 unspecified atom stereocenters. The van der Waals surface area contributed by atoms with Gasteiger partial charge in [0.25, 0.3) is 0 Å². The fraction of sp³-hybridized carbons (Fsp3) is 0.953. The number of rotatable bonds is 39. The first-order chi connectivity index (χ1) is 23.8. The molecule has 0 aliphatic heterocycles. The monoisotopic (exact) mass is 776 g/mol. The van der Waals surface area contributed by atoms with E-state index in [1.807, 2.05) is 14.1 Å². The van der Waals surface area contributed by atoms with Crippen LogP contribution in [0.1, 0.15) is 219 Å². The van der Waals surface area contributed by atoms with Gasteiger partial charge in [-0.25, -0.2) is 0 Å². The zero-order chi connectivity index (χ0) is 36.1. The lowest BCUT2D eigenvalue weighted by atomic mass is 10.0. The Kier molecular flexibility index (Phi) is 40.7. The molecule has 0 rings (SSSR count). The second-order valence-corrected chi connectivity index (χ2v) is 15.8. The summed E-state index contributed by atoms with van der Waals surface area (Å²) in [5, 5.41) is 9.47. The molecule has 0 aromatic rings. The predicted octanol–water partition coefficient (Wildman–Crippen LogP) is 9.04. The summed E-state index contributed by atoms with van der Waals surface area (Å²) in [7, 11) is 4.01. The first kappa shape index (κ1) is 51.4. The first-order valence-corrected chi connectivity index (χ1v) is 21.6. The van der Waals surface area contributed by atoms with Crippen molar-refractivity contribution in [2.75, 3.05) is 40.4 Å². The number of carbonyl (C=O) groups excluding carboxylic acids is 2. The highest BCUT2D eigenvalue weighted by Crippen LogP contribution is 2.16. The summed E-state index contributed by atoms with van der Waals surface area (Å²) in [6, 6.07) is 0. The molecule has 0 amide bonds. The number of hydrogen-bond acceptors (Lipinski definition) is 5. The number of carbonyl (C=O) groups is 2. The van der Waals surface area contributed by atoms with Crippen LogP contribution in [0, 0.1) is 0 Å². The van der Waals surface area contributed by atoms with Crippen LogP contribution in [-0.4, -0.2) is 68.0 Å². The third-order valence-electron chi connectivity index (χ3n) is 10.1. The third kappa shape index (κ3) is 38.6. The number of nitrogens with zero attached hydrogens (tertiary/aromatic N) is 1. The zero-order valence-electron chi connectivity index (χ0n) is 33.9. The van der Waals surface area contributed by atoms with E-state index in [9.17, 15) is 14.7 Å². The molecule has 1 N–H and O–H groups in total. The Hall–Kier alpha value is -0.660. The Labute approximate surface area is 322 Å². The van der Waals surface area contributed by atoms with Gasteiger partial charge in [-0.15, -0.1) is 0 Å². The summed E-state index contributed by atoms with van der Waals surface area (Å²) in [5.41, 5.74) is 0. The van der Waals surface area contributed by atoms with Crippen LogP contribution < -0.4 is 17.0 Å². The van der Waals surface area contributed by atoms with Crippen LogP contribution in [0.3, 0.4) is 0 Å². The van der Waals surface area contributed by atoms with E-state index in [1.165, 1.54) is 167 Å². The first-order valence-electron chi connectivity index (χ1n) is 21.6. The molecule has 300 valence electrons. The summed E-state index contributed by atoms with van der Waals surface area (Å²) in [4.78, 5) is 25.2. The average Bonchev–Trinajstić information content (AvgIpc) is 3.07. The second-order valence-electron chi connectivity index (χ2n) is 15.8. The summed E-state index contributed by atoms with van der Waals surface area (Å²) < 4.78 is 11.9. The molecule has 0 aliphatic carbocycles. The minimum absolute atomic E-state index is 0. The van der Waals surface area contributed by atoms with E-state index in [-0.39, 0.29) is 42.1 Å². The Morgan fingerprint density at radius 1 is 0.500 bits per heavy atom. The maximum Gasteiger partial charge on any atom is 0.306 e. The molecule has 0 aromatic heterocycles. The number of aliphatic hydroxyl groups is 1. The molecule has 0 aromatic carbocycles. The van der Waals surface area contributed by atoms with Gasteiger partial charge in [-0.3, -0.25) is 9.59 Å². The van der Waals surface area contributed by atoms with Gasteiger partial charge in [0.15, 0.2) is 6.10 Å². The number of likely N-dealkylation sites (N-methyl/N-ethyl adjacent to an activating group) is 1. The fourth-order valence-corrected chi connectivity index (χ4v) is 6.82. The number of unbranched alkanes of at least 4 members (excludes halogenated alkanes) is 28. The molecular weight excluding hydrogens is 690 g/mol. The van der Waals surface area contributed by atoms with E-state index in [4.69, 9.17) is 9.47 Å². The summed E-state index contributed by atoms with van der Waals surface area (Å²) in [6.45, 7) is 5.77. The highest BCUT2D eigenvalue weighted by molar-refractivity contribution is 5.70. The van der Waals surface area contributed by atoms with Crippen LogP contribution in [0.15, 0.2) is 0 Å². The van der Waals surface area contributed by atoms with Crippen molar-refractivity contribution in [3.8, 4) is 0 Å². The largest absolute Gasteiger partial charge is 1.00 e. The van der Waals surface area contributed by atoms with Crippen molar-refractivity contribution in [2.45, 2.75) is 225 Å². The van der Waals surface area contributed by atoms with Crippen molar-refractivity contribution in [1.82, 2.24) is 0 Å². The van der Waals surface area contributed by atoms with Gasteiger partial charge < -0.3 is 36.0 Å². The maximum absolute atomic E-state index is 12.7. The number of halogens is 1. The van der Waals surface area contributed by atoms with Crippen LogP contribution >= 0.6 is 0 Å². The van der Waals surface area contributed by atoms with E-state index < -0.39 is 6.10 Å². The highest BCUT2D eigenvalue weighted by Gasteiger charge is 2.26. The number of ether oxygens (including phenoxy) is 2. The third-order valence-corrected chi connectivity index (χ3v) is 10.1. The van der Waals surface area contributed by atoms with Gasteiger partial charge in [-0.05, 0) is 12.8 Å². The normalized spacial score (nSPS) is 12.1. The lowest BCUT2D eigenvalue weighted by molar-refractivity contribution is -0.893. The molecule has 0 fully saturated rings. The quantitative estimate of drug-likeness (QED) is 0.0384. The molecule has 50 heavy (non-hydrogen) atoms. The van der Waals surface area contributed by atoms with Gasteiger partial charge in [0.05, 0.1) is 20.7 Å². The average molecular weight is 777 g/mol. The molecule has 0 saturated heterocycles. The second kappa shape index (κ2) is 39.5. The molecule has 0 bridgehead atoms. The van der Waals surface area contributed by atoms with Gasteiger partial charge in [0.1, 0.15) is 19.7 Å². The smallest absolute Gasteiger partial charge is 0.306 e. The van der Waals surface area contributed by atoms with Crippen LogP contribution in [-0.2, 0) is 19.1 Å². The molecule has 0 heterocycles. The molecule has 0 aliphatic rings. The number of quaternary nitrogens is 1. The number of esters is 2. The molecule has 7 heteroatoms. The molecule has 0 saturated carbocycles. The summed E-state index contributed by atoms with van der Waals surface area (Å²) in [5.74, 6) is -0.409. The minimum Gasteiger partial charge on any atom is -1.00 e. The number of hydrogen-bond donors (Lipinski definition) is 1. The summed E-state index contributed by atoms with van der Waals surface area (Å²) >= 11 is 0. The van der Waals surface area contributed by atoms with E-state index >= 15 is 0 Å². The molecular formula is C43H86BrNO5. The van der Waals surface area contributed by atoms with Crippen LogP contribution in [0.25, 0.3) is 0 Å². The van der Waals surface area contributed by atoms with Crippen molar-refractivity contribution in [2.24, 2.45) is 0 Å². The maximum atomic E-state index is 12.7. The van der Waals surface area contributed by atoms with Gasteiger partial charge in [-0.2, -0.15) is 0 Å². The van der Waals surface area contributed by atoms with Crippen LogP contribution in [0.4, 0.5) is 0 Å². The minimum atomic E-state index is -0.490. The Morgan fingerprint density at radius 3 is 1.12 bits per heavy atom.